The van der Waals surface area contributed by atoms with Gasteiger partial charge < -0.3 is 19.6 Å². The van der Waals surface area contributed by atoms with E-state index in [-0.39, 0.29) is 28.9 Å². The van der Waals surface area contributed by atoms with Crippen LogP contribution in [-0.2, 0) is 11.3 Å². The van der Waals surface area contributed by atoms with Gasteiger partial charge in [-0.3, -0.25) is 14.4 Å². The summed E-state index contributed by atoms with van der Waals surface area (Å²) in [5.41, 5.74) is 2.05. The minimum Gasteiger partial charge on any atom is -0.459 e. The summed E-state index contributed by atoms with van der Waals surface area (Å²) in [7, 11) is 0. The number of aromatic nitrogens is 1. The molecule has 3 rings (SSSR count). The molecule has 2 N–H and O–H groups in total. The van der Waals surface area contributed by atoms with Gasteiger partial charge in [-0.1, -0.05) is 11.3 Å². The maximum atomic E-state index is 12.0. The van der Waals surface area contributed by atoms with Gasteiger partial charge in [-0.15, -0.1) is 0 Å². The molecule has 0 radical (unpaired) electrons. The van der Waals surface area contributed by atoms with E-state index in [0.717, 1.165) is 17.0 Å². The van der Waals surface area contributed by atoms with E-state index in [1.165, 1.54) is 6.26 Å². The Morgan fingerprint density at radius 2 is 1.81 bits per heavy atom. The van der Waals surface area contributed by atoms with Crippen molar-refractivity contribution in [2.45, 2.75) is 19.9 Å². The summed E-state index contributed by atoms with van der Waals surface area (Å²) in [6.45, 7) is 2.18. The first kappa shape index (κ1) is 17.7. The van der Waals surface area contributed by atoms with Crippen molar-refractivity contribution < 1.29 is 14.0 Å². The molecular weight excluding hydrogens is 354 g/mol. The van der Waals surface area contributed by atoms with Gasteiger partial charge in [-0.05, 0) is 43.3 Å². The van der Waals surface area contributed by atoms with Crippen LogP contribution in [0.15, 0.2) is 57.3 Å². The molecule has 0 aliphatic rings. The SMILES string of the molecule is Cc1csc(=O)n1CCC(=O)Nc1ccc(NC(=O)c2ccco2)cc1. The molecular formula is C18H17N3O4S. The fourth-order valence-corrected chi connectivity index (χ4v) is 3.11. The van der Waals surface area contributed by atoms with Crippen LogP contribution >= 0.6 is 11.3 Å². The molecule has 2 amide bonds. The number of carbonyl (C=O) groups is 2. The van der Waals surface area contributed by atoms with Crippen molar-refractivity contribution in [3.63, 3.8) is 0 Å². The Kier molecular flexibility index (Phi) is 5.33. The molecule has 26 heavy (non-hydrogen) atoms. The fraction of sp³-hybridized carbons (Fsp3) is 0.167. The average molecular weight is 371 g/mol. The summed E-state index contributed by atoms with van der Waals surface area (Å²) in [6, 6.07) is 9.97. The molecule has 0 fully saturated rings. The number of nitrogens with one attached hydrogen (secondary N) is 2. The molecule has 0 saturated heterocycles. The minimum absolute atomic E-state index is 0.0630. The highest BCUT2D eigenvalue weighted by Gasteiger charge is 2.09. The zero-order valence-corrected chi connectivity index (χ0v) is 14.8. The average Bonchev–Trinajstić information content (AvgIpc) is 3.26. The van der Waals surface area contributed by atoms with Gasteiger partial charge in [-0.25, -0.2) is 0 Å². The second kappa shape index (κ2) is 7.83. The van der Waals surface area contributed by atoms with E-state index in [0.29, 0.717) is 17.9 Å². The molecule has 2 heterocycles. The van der Waals surface area contributed by atoms with Crippen LogP contribution in [0.4, 0.5) is 11.4 Å². The Morgan fingerprint density at radius 3 is 2.38 bits per heavy atom. The van der Waals surface area contributed by atoms with Crippen LogP contribution in [0.1, 0.15) is 22.7 Å². The number of aryl methyl sites for hydroxylation is 1. The third kappa shape index (κ3) is 4.28. The van der Waals surface area contributed by atoms with Crippen molar-refractivity contribution in [2.75, 3.05) is 10.6 Å². The first-order valence-electron chi connectivity index (χ1n) is 7.92. The zero-order valence-electron chi connectivity index (χ0n) is 14.0. The quantitative estimate of drug-likeness (QED) is 0.696. The van der Waals surface area contributed by atoms with Crippen LogP contribution < -0.4 is 15.5 Å². The highest BCUT2D eigenvalue weighted by molar-refractivity contribution is 7.07. The monoisotopic (exact) mass is 371 g/mol. The molecule has 8 heteroatoms. The number of furan rings is 1. The van der Waals surface area contributed by atoms with Crippen LogP contribution in [0.25, 0.3) is 0 Å². The van der Waals surface area contributed by atoms with E-state index in [4.69, 9.17) is 4.42 Å². The molecule has 0 bridgehead atoms. The standard InChI is InChI=1S/C18H17N3O4S/c1-12-11-26-18(24)21(12)9-8-16(22)19-13-4-6-14(7-5-13)20-17(23)15-3-2-10-25-15/h2-7,10-11H,8-9H2,1H3,(H,19,22)(H,20,23). The third-order valence-electron chi connectivity index (χ3n) is 3.71. The normalized spacial score (nSPS) is 10.5. The Labute approximate surface area is 153 Å². The van der Waals surface area contributed by atoms with E-state index >= 15 is 0 Å². The first-order chi connectivity index (χ1) is 12.5. The molecule has 0 saturated carbocycles. The largest absolute Gasteiger partial charge is 0.459 e. The smallest absolute Gasteiger partial charge is 0.307 e. The summed E-state index contributed by atoms with van der Waals surface area (Å²) in [6.07, 6.45) is 1.63. The lowest BCUT2D eigenvalue weighted by Gasteiger charge is -2.08. The number of nitrogens with zero attached hydrogens (tertiary/aromatic N) is 1. The Bertz CT molecular complexity index is 955. The molecule has 3 aromatic rings. The lowest BCUT2D eigenvalue weighted by atomic mass is 10.2. The molecule has 0 spiro atoms. The number of hydrogen-bond acceptors (Lipinski definition) is 5. The second-order valence-electron chi connectivity index (χ2n) is 5.60. The van der Waals surface area contributed by atoms with Crippen molar-refractivity contribution >= 4 is 34.5 Å². The number of amides is 2. The van der Waals surface area contributed by atoms with Gasteiger partial charge in [0.2, 0.25) is 5.91 Å². The summed E-state index contributed by atoms with van der Waals surface area (Å²) in [4.78, 5) is 35.5. The lowest BCUT2D eigenvalue weighted by Crippen LogP contribution is -2.20. The summed E-state index contributed by atoms with van der Waals surface area (Å²) < 4.78 is 6.61. The summed E-state index contributed by atoms with van der Waals surface area (Å²) in [5, 5.41) is 7.24. The minimum atomic E-state index is -0.344. The van der Waals surface area contributed by atoms with Crippen molar-refractivity contribution in [1.82, 2.24) is 4.57 Å². The van der Waals surface area contributed by atoms with Crippen LogP contribution in [-0.4, -0.2) is 16.4 Å². The summed E-state index contributed by atoms with van der Waals surface area (Å²) in [5.74, 6) is -0.306. The third-order valence-corrected chi connectivity index (χ3v) is 4.59. The van der Waals surface area contributed by atoms with E-state index in [1.54, 1.807) is 46.3 Å². The van der Waals surface area contributed by atoms with Gasteiger partial charge in [-0.2, -0.15) is 0 Å². The number of anilines is 2. The van der Waals surface area contributed by atoms with Gasteiger partial charge >= 0.3 is 4.87 Å². The van der Waals surface area contributed by atoms with Crippen molar-refractivity contribution in [1.29, 1.82) is 0 Å². The van der Waals surface area contributed by atoms with Crippen molar-refractivity contribution in [3.05, 3.63) is 69.2 Å². The molecule has 7 nitrogen and oxygen atoms in total. The number of carbonyl (C=O) groups excluding carboxylic acids is 2. The molecule has 1 aromatic carbocycles. The first-order valence-corrected chi connectivity index (χ1v) is 8.80. The predicted molar refractivity (Wildman–Crippen MR) is 99.7 cm³/mol. The topological polar surface area (TPSA) is 93.3 Å². The molecule has 0 aliphatic heterocycles. The van der Waals surface area contributed by atoms with E-state index < -0.39 is 0 Å². The summed E-state index contributed by atoms with van der Waals surface area (Å²) >= 11 is 1.13. The zero-order chi connectivity index (χ0) is 18.5. The molecule has 0 atom stereocenters. The highest BCUT2D eigenvalue weighted by Crippen LogP contribution is 2.15. The van der Waals surface area contributed by atoms with Crippen molar-refractivity contribution in [3.8, 4) is 0 Å². The Balaban J connectivity index is 1.53. The number of benzene rings is 1. The van der Waals surface area contributed by atoms with Crippen LogP contribution in [0.2, 0.25) is 0 Å². The van der Waals surface area contributed by atoms with Crippen LogP contribution in [0, 0.1) is 6.92 Å². The number of rotatable bonds is 6. The second-order valence-corrected chi connectivity index (χ2v) is 6.42. The van der Waals surface area contributed by atoms with E-state index in [2.05, 4.69) is 10.6 Å². The van der Waals surface area contributed by atoms with E-state index in [1.807, 2.05) is 6.92 Å². The predicted octanol–water partition coefficient (Wildman–Crippen LogP) is 3.09. The Morgan fingerprint density at radius 1 is 1.12 bits per heavy atom. The highest BCUT2D eigenvalue weighted by atomic mass is 32.1. The maximum absolute atomic E-state index is 12.0. The van der Waals surface area contributed by atoms with Crippen molar-refractivity contribution in [2.24, 2.45) is 0 Å². The molecule has 2 aromatic heterocycles. The molecule has 0 unspecified atom stereocenters. The molecule has 134 valence electrons. The fourth-order valence-electron chi connectivity index (χ4n) is 2.35. The van der Waals surface area contributed by atoms with Gasteiger partial charge in [0.05, 0.1) is 6.26 Å². The van der Waals surface area contributed by atoms with Gasteiger partial charge in [0, 0.05) is 35.4 Å². The number of thiazole rings is 1. The maximum Gasteiger partial charge on any atom is 0.307 e. The van der Waals surface area contributed by atoms with Crippen LogP contribution in [0.3, 0.4) is 0 Å². The van der Waals surface area contributed by atoms with Crippen LogP contribution in [0.5, 0.6) is 0 Å². The van der Waals surface area contributed by atoms with Gasteiger partial charge in [0.1, 0.15) is 0 Å². The lowest BCUT2D eigenvalue weighted by molar-refractivity contribution is -0.116. The van der Waals surface area contributed by atoms with E-state index in [9.17, 15) is 14.4 Å². The van der Waals surface area contributed by atoms with Gasteiger partial charge in [0.15, 0.2) is 5.76 Å². The Hall–Kier alpha value is -3.13. The number of hydrogen-bond donors (Lipinski definition) is 2. The van der Waals surface area contributed by atoms with Gasteiger partial charge in [0.25, 0.3) is 5.91 Å². The molecule has 0 aliphatic carbocycles.